The fourth-order valence-corrected chi connectivity index (χ4v) is 2.19. The summed E-state index contributed by atoms with van der Waals surface area (Å²) in [5.74, 6) is 1.02. The van der Waals surface area contributed by atoms with Gasteiger partial charge in [0.2, 0.25) is 0 Å². The van der Waals surface area contributed by atoms with Crippen molar-refractivity contribution in [2.24, 2.45) is 0 Å². The van der Waals surface area contributed by atoms with Gasteiger partial charge < -0.3 is 10.2 Å². The highest BCUT2D eigenvalue weighted by atomic mass is 35.5. The van der Waals surface area contributed by atoms with E-state index in [2.05, 4.69) is 29.0 Å². The second-order valence-electron chi connectivity index (χ2n) is 3.88. The Morgan fingerprint density at radius 1 is 1.67 bits per heavy atom. The van der Waals surface area contributed by atoms with Gasteiger partial charge in [0.15, 0.2) is 5.82 Å². The van der Waals surface area contributed by atoms with Crippen molar-refractivity contribution in [3.05, 3.63) is 17.3 Å². The summed E-state index contributed by atoms with van der Waals surface area (Å²) in [6.45, 7) is 6.34. The molecule has 0 radical (unpaired) electrons. The quantitative estimate of drug-likeness (QED) is 0.797. The molecule has 2 rings (SSSR count). The smallest absolute Gasteiger partial charge is 0.152 e. The summed E-state index contributed by atoms with van der Waals surface area (Å²) in [6, 6.07) is 2.47. The summed E-state index contributed by atoms with van der Waals surface area (Å²) in [4.78, 5) is 6.72. The van der Waals surface area contributed by atoms with Gasteiger partial charge in [-0.15, -0.1) is 0 Å². The first-order chi connectivity index (χ1) is 7.22. The first kappa shape index (κ1) is 10.6. The van der Waals surface area contributed by atoms with E-state index < -0.39 is 0 Å². The van der Waals surface area contributed by atoms with Crippen molar-refractivity contribution < 1.29 is 0 Å². The van der Waals surface area contributed by atoms with E-state index in [-0.39, 0.29) is 0 Å². The Hall–Kier alpha value is -0.960. The minimum atomic E-state index is 0.525. The van der Waals surface area contributed by atoms with Crippen LogP contribution >= 0.6 is 11.6 Å². The molecule has 1 aliphatic heterocycles. The summed E-state index contributed by atoms with van der Waals surface area (Å²) < 4.78 is 0. The molecule has 0 bridgehead atoms. The number of aromatic nitrogens is 1. The molecular formula is C11H16ClN3. The van der Waals surface area contributed by atoms with Crippen LogP contribution in [-0.4, -0.2) is 24.1 Å². The molecule has 1 aliphatic rings. The first-order valence-corrected chi connectivity index (χ1v) is 5.76. The van der Waals surface area contributed by atoms with E-state index in [1.807, 2.05) is 6.07 Å². The Bertz CT molecular complexity index is 354. The maximum atomic E-state index is 5.94. The Morgan fingerprint density at radius 3 is 3.20 bits per heavy atom. The van der Waals surface area contributed by atoms with Crippen molar-refractivity contribution in [2.75, 3.05) is 23.3 Å². The van der Waals surface area contributed by atoms with Crippen molar-refractivity contribution in [1.82, 2.24) is 4.98 Å². The lowest BCUT2D eigenvalue weighted by Gasteiger charge is -2.27. The van der Waals surface area contributed by atoms with Crippen LogP contribution in [0.4, 0.5) is 11.5 Å². The second-order valence-corrected chi connectivity index (χ2v) is 4.31. The van der Waals surface area contributed by atoms with Gasteiger partial charge in [0.1, 0.15) is 0 Å². The molecule has 1 N–H and O–H groups in total. The number of fused-ring (bicyclic) bond motifs is 1. The predicted octanol–water partition coefficient (Wildman–Crippen LogP) is 2.77. The Kier molecular flexibility index (Phi) is 3.00. The highest BCUT2D eigenvalue weighted by molar-refractivity contribution is 6.30. The van der Waals surface area contributed by atoms with Gasteiger partial charge in [0.05, 0.1) is 10.7 Å². The number of nitrogens with zero attached hydrogens (tertiary/aromatic N) is 2. The average Bonchev–Trinajstić information content (AvgIpc) is 2.36. The number of pyridine rings is 1. The van der Waals surface area contributed by atoms with Crippen LogP contribution in [0.25, 0.3) is 0 Å². The van der Waals surface area contributed by atoms with Gasteiger partial charge in [0, 0.05) is 25.3 Å². The number of halogens is 1. The third-order valence-corrected chi connectivity index (χ3v) is 3.06. The molecule has 0 spiro atoms. The van der Waals surface area contributed by atoms with E-state index in [0.29, 0.717) is 11.1 Å². The normalized spacial score (nSPS) is 20.5. The molecule has 0 aliphatic carbocycles. The van der Waals surface area contributed by atoms with Gasteiger partial charge in [-0.1, -0.05) is 11.6 Å². The largest absolute Gasteiger partial charge is 0.382 e. The molecule has 0 fully saturated rings. The Morgan fingerprint density at radius 2 is 2.47 bits per heavy atom. The van der Waals surface area contributed by atoms with Crippen molar-refractivity contribution in [3.63, 3.8) is 0 Å². The monoisotopic (exact) mass is 225 g/mol. The lowest BCUT2D eigenvalue weighted by Crippen LogP contribution is -2.32. The molecule has 1 aromatic rings. The van der Waals surface area contributed by atoms with Crippen LogP contribution in [0.2, 0.25) is 5.02 Å². The third-order valence-electron chi connectivity index (χ3n) is 2.86. The van der Waals surface area contributed by atoms with Crippen LogP contribution in [0.5, 0.6) is 0 Å². The molecule has 2 heterocycles. The Labute approximate surface area is 95.4 Å². The van der Waals surface area contributed by atoms with E-state index in [4.69, 9.17) is 11.6 Å². The zero-order valence-electron chi connectivity index (χ0n) is 9.13. The summed E-state index contributed by atoms with van der Waals surface area (Å²) >= 11 is 5.94. The van der Waals surface area contributed by atoms with Gasteiger partial charge in [-0.3, -0.25) is 0 Å². The molecule has 4 heteroatoms. The summed E-state index contributed by atoms with van der Waals surface area (Å²) in [7, 11) is 0. The first-order valence-electron chi connectivity index (χ1n) is 5.38. The van der Waals surface area contributed by atoms with E-state index in [1.54, 1.807) is 6.20 Å². The summed E-state index contributed by atoms with van der Waals surface area (Å²) in [5, 5.41) is 4.06. The van der Waals surface area contributed by atoms with Crippen molar-refractivity contribution >= 4 is 23.1 Å². The molecular weight excluding hydrogens is 210 g/mol. The number of hydrogen-bond donors (Lipinski definition) is 1. The highest BCUT2D eigenvalue weighted by Gasteiger charge is 2.20. The van der Waals surface area contributed by atoms with E-state index in [1.165, 1.54) is 0 Å². The average molecular weight is 226 g/mol. The summed E-state index contributed by atoms with van der Waals surface area (Å²) in [6.07, 6.45) is 2.84. The molecule has 0 amide bonds. The maximum Gasteiger partial charge on any atom is 0.152 e. The highest BCUT2D eigenvalue weighted by Crippen LogP contribution is 2.30. The van der Waals surface area contributed by atoms with Crippen LogP contribution in [0.1, 0.15) is 20.3 Å². The maximum absolute atomic E-state index is 5.94. The number of rotatable bonds is 1. The van der Waals surface area contributed by atoms with Crippen LogP contribution in [0, 0.1) is 0 Å². The molecule has 1 atom stereocenters. The van der Waals surface area contributed by atoms with Gasteiger partial charge in [-0.25, -0.2) is 4.98 Å². The zero-order chi connectivity index (χ0) is 10.8. The van der Waals surface area contributed by atoms with Crippen LogP contribution in [-0.2, 0) is 0 Å². The molecule has 82 valence electrons. The minimum Gasteiger partial charge on any atom is -0.382 e. The number of anilines is 2. The van der Waals surface area contributed by atoms with E-state index >= 15 is 0 Å². The zero-order valence-corrected chi connectivity index (χ0v) is 9.88. The van der Waals surface area contributed by atoms with Gasteiger partial charge in [-0.05, 0) is 26.3 Å². The molecule has 1 unspecified atom stereocenters. The molecule has 0 saturated heterocycles. The molecule has 0 aromatic carbocycles. The number of hydrogen-bond acceptors (Lipinski definition) is 3. The SMILES string of the molecule is CCN1c2ncc(Cl)cc2NCCC1C. The van der Waals surface area contributed by atoms with Crippen molar-refractivity contribution in [3.8, 4) is 0 Å². The minimum absolute atomic E-state index is 0.525. The van der Waals surface area contributed by atoms with Gasteiger partial charge in [-0.2, -0.15) is 0 Å². The Balaban J connectivity index is 2.43. The number of nitrogens with one attached hydrogen (secondary N) is 1. The standard InChI is InChI=1S/C11H16ClN3/c1-3-15-8(2)4-5-13-10-6-9(12)7-14-11(10)15/h6-8,13H,3-5H2,1-2H3. The fraction of sp³-hybridized carbons (Fsp3) is 0.545. The lowest BCUT2D eigenvalue weighted by molar-refractivity contribution is 0.621. The molecule has 1 aromatic heterocycles. The molecule has 3 nitrogen and oxygen atoms in total. The fourth-order valence-electron chi connectivity index (χ4n) is 2.03. The summed E-state index contributed by atoms with van der Waals surface area (Å²) in [5.41, 5.74) is 1.05. The van der Waals surface area contributed by atoms with Crippen LogP contribution in [0.15, 0.2) is 12.3 Å². The molecule has 15 heavy (non-hydrogen) atoms. The van der Waals surface area contributed by atoms with Crippen LogP contribution in [0.3, 0.4) is 0 Å². The van der Waals surface area contributed by atoms with Crippen molar-refractivity contribution in [2.45, 2.75) is 26.3 Å². The predicted molar refractivity (Wildman–Crippen MR) is 64.8 cm³/mol. The molecule has 0 saturated carbocycles. The van der Waals surface area contributed by atoms with E-state index in [9.17, 15) is 0 Å². The van der Waals surface area contributed by atoms with Crippen molar-refractivity contribution in [1.29, 1.82) is 0 Å². The second kappa shape index (κ2) is 4.27. The van der Waals surface area contributed by atoms with E-state index in [0.717, 1.165) is 31.0 Å². The lowest BCUT2D eigenvalue weighted by atomic mass is 10.2. The third kappa shape index (κ3) is 2.02. The van der Waals surface area contributed by atoms with Gasteiger partial charge in [0.25, 0.3) is 0 Å². The van der Waals surface area contributed by atoms with Crippen LogP contribution < -0.4 is 10.2 Å². The van der Waals surface area contributed by atoms with Gasteiger partial charge >= 0.3 is 0 Å². The topological polar surface area (TPSA) is 28.2 Å².